The van der Waals surface area contributed by atoms with Crippen molar-refractivity contribution in [2.75, 3.05) is 25.0 Å². The van der Waals surface area contributed by atoms with Crippen LogP contribution in [-0.2, 0) is 11.0 Å². The van der Waals surface area contributed by atoms with Gasteiger partial charge in [0.2, 0.25) is 5.91 Å². The van der Waals surface area contributed by atoms with Gasteiger partial charge in [-0.05, 0) is 36.9 Å². The van der Waals surface area contributed by atoms with E-state index in [0.29, 0.717) is 16.3 Å². The summed E-state index contributed by atoms with van der Waals surface area (Å²) < 4.78 is 41.8. The Kier molecular flexibility index (Phi) is 6.84. The molecular formula is C24H18ClF3N8O2. The van der Waals surface area contributed by atoms with Crippen LogP contribution in [0.1, 0.15) is 22.5 Å². The predicted molar refractivity (Wildman–Crippen MR) is 129 cm³/mol. The van der Waals surface area contributed by atoms with Gasteiger partial charge in [0, 0.05) is 15.9 Å². The van der Waals surface area contributed by atoms with Gasteiger partial charge in [-0.1, -0.05) is 24.2 Å². The van der Waals surface area contributed by atoms with Gasteiger partial charge < -0.3 is 15.3 Å². The summed E-state index contributed by atoms with van der Waals surface area (Å²) >= 11 is 6.09. The van der Waals surface area contributed by atoms with Gasteiger partial charge in [-0.15, -0.1) is 0 Å². The number of carbonyl (C=O) groups excluding carboxylic acids is 1. The fraction of sp³-hybridized carbons (Fsp3) is 0.250. The molecule has 0 bridgehead atoms. The van der Waals surface area contributed by atoms with Crippen LogP contribution in [0.25, 0.3) is 11.7 Å². The summed E-state index contributed by atoms with van der Waals surface area (Å²) in [6.45, 7) is 4.17. The van der Waals surface area contributed by atoms with Crippen molar-refractivity contribution < 1.29 is 23.1 Å². The summed E-state index contributed by atoms with van der Waals surface area (Å²) in [5.41, 5.74) is -3.09. The number of likely N-dealkylation sites (tertiary alicyclic amines) is 1. The molecule has 3 heterocycles. The lowest BCUT2D eigenvalue weighted by Gasteiger charge is -2.41. The van der Waals surface area contributed by atoms with E-state index >= 15 is 0 Å². The minimum Gasteiger partial charge on any atom is -0.372 e. The number of halogens is 4. The molecule has 0 spiro atoms. The molecule has 0 unspecified atom stereocenters. The first-order valence-corrected chi connectivity index (χ1v) is 11.3. The van der Waals surface area contributed by atoms with Gasteiger partial charge >= 0.3 is 6.18 Å². The molecule has 4 rings (SSSR count). The van der Waals surface area contributed by atoms with Crippen molar-refractivity contribution in [3.05, 3.63) is 69.2 Å². The third-order valence-corrected chi connectivity index (χ3v) is 5.98. The molecule has 38 heavy (non-hydrogen) atoms. The zero-order chi connectivity index (χ0) is 27.8. The summed E-state index contributed by atoms with van der Waals surface area (Å²) in [6.07, 6.45) is -1.95. The molecule has 0 saturated carbocycles. The Morgan fingerprint density at radius 1 is 1.39 bits per heavy atom. The Morgan fingerprint density at radius 2 is 2.11 bits per heavy atom. The first-order chi connectivity index (χ1) is 17.9. The van der Waals surface area contributed by atoms with Gasteiger partial charge in [0.05, 0.1) is 18.8 Å². The highest BCUT2D eigenvalue weighted by Crippen LogP contribution is 2.31. The molecular weight excluding hydrogens is 525 g/mol. The van der Waals surface area contributed by atoms with E-state index in [4.69, 9.17) is 16.9 Å². The number of amides is 1. The van der Waals surface area contributed by atoms with Gasteiger partial charge in [-0.3, -0.25) is 9.79 Å². The first kappa shape index (κ1) is 26.6. The number of aryl methyl sites for hydroxylation is 1. The van der Waals surface area contributed by atoms with Crippen molar-refractivity contribution in [3.63, 3.8) is 0 Å². The van der Waals surface area contributed by atoms with Crippen LogP contribution in [0.15, 0.2) is 36.0 Å². The Hall–Kier alpha value is -4.46. The van der Waals surface area contributed by atoms with Crippen molar-refractivity contribution >= 4 is 34.9 Å². The molecule has 1 amide bonds. The van der Waals surface area contributed by atoms with Crippen LogP contribution in [0.2, 0.25) is 5.02 Å². The Labute approximate surface area is 218 Å². The predicted octanol–water partition coefficient (Wildman–Crippen LogP) is 1.68. The molecule has 2 N–H and O–H groups in total. The number of nitriles is 2. The first-order valence-electron chi connectivity index (χ1n) is 10.9. The zero-order valence-electron chi connectivity index (χ0n) is 19.7. The molecule has 1 aliphatic heterocycles. The van der Waals surface area contributed by atoms with Crippen molar-refractivity contribution in [2.45, 2.75) is 18.7 Å². The molecule has 3 aromatic rings. The van der Waals surface area contributed by atoms with Gasteiger partial charge in [0.1, 0.15) is 24.2 Å². The summed E-state index contributed by atoms with van der Waals surface area (Å²) in [7, 11) is 0. The van der Waals surface area contributed by atoms with E-state index in [2.05, 4.69) is 27.0 Å². The standard InChI is InChI=1S/C24H18ClF3N8O2/c1-3-31-18-7-15(25)5-4-14(18)6-16-13(2)33-22-17(8-29)20(24(26,27)28)34-36(22)21(16)32-9-19(37)35-11-23(38,10-30)12-35/h3-7,31,38H,1,9,11-12H2,2H3/b16-6+,32-21?. The van der Waals surface area contributed by atoms with Gasteiger partial charge in [0.25, 0.3) is 0 Å². The van der Waals surface area contributed by atoms with Gasteiger partial charge in [-0.25, -0.2) is 4.98 Å². The maximum absolute atomic E-state index is 13.7. The van der Waals surface area contributed by atoms with Crippen LogP contribution in [0.4, 0.5) is 18.9 Å². The Bertz CT molecular complexity index is 1680. The van der Waals surface area contributed by atoms with Gasteiger partial charge in [-0.2, -0.15) is 33.3 Å². The van der Waals surface area contributed by atoms with E-state index in [1.54, 1.807) is 30.3 Å². The smallest absolute Gasteiger partial charge is 0.372 e. The van der Waals surface area contributed by atoms with E-state index in [1.807, 2.05) is 0 Å². The monoisotopic (exact) mass is 542 g/mol. The molecule has 0 aliphatic carbocycles. The summed E-state index contributed by atoms with van der Waals surface area (Å²) in [5, 5.41) is 35.4. The molecule has 2 aromatic heterocycles. The van der Waals surface area contributed by atoms with Crippen LogP contribution in [-0.4, -0.2) is 55.7 Å². The SMILES string of the molecule is C=CNc1cc(Cl)ccc1/C=c1\c(C)nc2c(C#N)c(C(F)(F)F)nn2c1=NCC(=O)N1CC(O)(C#N)C1. The maximum Gasteiger partial charge on any atom is 0.436 e. The number of anilines is 1. The number of fused-ring (bicyclic) bond motifs is 1. The lowest BCUT2D eigenvalue weighted by molar-refractivity contribution is -0.145. The van der Waals surface area contributed by atoms with E-state index in [1.165, 1.54) is 24.1 Å². The van der Waals surface area contributed by atoms with Crippen molar-refractivity contribution in [2.24, 2.45) is 4.99 Å². The molecule has 10 nitrogen and oxygen atoms in total. The number of aliphatic hydroxyl groups is 1. The van der Waals surface area contributed by atoms with E-state index in [9.17, 15) is 28.3 Å². The highest BCUT2D eigenvalue weighted by atomic mass is 35.5. The molecule has 194 valence electrons. The molecule has 1 fully saturated rings. The molecule has 1 saturated heterocycles. The largest absolute Gasteiger partial charge is 0.436 e. The van der Waals surface area contributed by atoms with Crippen LogP contribution in [0.3, 0.4) is 0 Å². The maximum atomic E-state index is 13.7. The quantitative estimate of drug-likeness (QED) is 0.467. The van der Waals surface area contributed by atoms with E-state index in [-0.39, 0.29) is 35.1 Å². The number of carbonyl (C=O) groups is 1. The molecule has 1 aromatic carbocycles. The Morgan fingerprint density at radius 3 is 2.71 bits per heavy atom. The number of aromatic nitrogens is 3. The minimum absolute atomic E-state index is 0.150. The van der Waals surface area contributed by atoms with Crippen LogP contribution >= 0.6 is 11.6 Å². The fourth-order valence-electron chi connectivity index (χ4n) is 3.90. The summed E-state index contributed by atoms with van der Waals surface area (Å²) in [5.74, 6) is -0.567. The van der Waals surface area contributed by atoms with Gasteiger partial charge in [0.15, 0.2) is 22.4 Å². The number of hydrogen-bond donors (Lipinski definition) is 2. The van der Waals surface area contributed by atoms with E-state index in [0.717, 1.165) is 4.52 Å². The third kappa shape index (κ3) is 4.89. The number of rotatable bonds is 5. The van der Waals surface area contributed by atoms with E-state index < -0.39 is 35.5 Å². The van der Waals surface area contributed by atoms with Crippen molar-refractivity contribution in [1.29, 1.82) is 10.5 Å². The minimum atomic E-state index is -4.94. The third-order valence-electron chi connectivity index (χ3n) is 5.75. The second-order valence-electron chi connectivity index (χ2n) is 8.44. The normalized spacial score (nSPS) is 15.6. The number of nitrogens with zero attached hydrogens (tertiary/aromatic N) is 7. The summed E-state index contributed by atoms with van der Waals surface area (Å²) in [6, 6.07) is 8.08. The number of alkyl halides is 3. The van der Waals surface area contributed by atoms with Crippen LogP contribution in [0.5, 0.6) is 0 Å². The second-order valence-corrected chi connectivity index (χ2v) is 8.87. The summed E-state index contributed by atoms with van der Waals surface area (Å²) in [4.78, 5) is 22.3. The number of hydrogen-bond acceptors (Lipinski definition) is 8. The molecule has 1 aliphatic rings. The molecule has 0 atom stereocenters. The number of nitrogens with one attached hydrogen (secondary N) is 1. The molecule has 14 heteroatoms. The Balaban J connectivity index is 1.97. The topological polar surface area (TPSA) is 143 Å². The lowest BCUT2D eigenvalue weighted by Crippen LogP contribution is -2.63. The van der Waals surface area contributed by atoms with Crippen molar-refractivity contribution in [1.82, 2.24) is 19.5 Å². The number of benzene rings is 1. The average molecular weight is 543 g/mol. The van der Waals surface area contributed by atoms with Crippen LogP contribution in [0, 0.1) is 29.6 Å². The lowest BCUT2D eigenvalue weighted by atomic mass is 9.96. The highest BCUT2D eigenvalue weighted by Gasteiger charge is 2.44. The number of β-amino-alcohol motifs (C(OH)–C–C–N with tert-alkyl or cyclic N) is 1. The molecule has 0 radical (unpaired) electrons. The van der Waals surface area contributed by atoms with Crippen molar-refractivity contribution in [3.8, 4) is 12.1 Å². The fourth-order valence-corrected chi connectivity index (χ4v) is 4.07. The van der Waals surface area contributed by atoms with Crippen LogP contribution < -0.4 is 16.0 Å². The average Bonchev–Trinajstić information content (AvgIpc) is 3.21. The highest BCUT2D eigenvalue weighted by molar-refractivity contribution is 6.30. The second kappa shape index (κ2) is 9.78. The zero-order valence-corrected chi connectivity index (χ0v) is 20.5.